The van der Waals surface area contributed by atoms with Crippen molar-refractivity contribution in [3.05, 3.63) is 82.4 Å². The molecule has 0 radical (unpaired) electrons. The SMILES string of the molecule is CCNc1c(N=Nc2ccccc2)ccc(-c2ccccc2[N+](=O)[O-])c1CCO. The van der Waals surface area contributed by atoms with Gasteiger partial charge in [-0.2, -0.15) is 5.11 Å². The maximum atomic E-state index is 11.5. The molecule has 0 unspecified atom stereocenters. The number of hydrogen-bond donors (Lipinski definition) is 2. The van der Waals surface area contributed by atoms with Crippen LogP contribution < -0.4 is 5.32 Å². The summed E-state index contributed by atoms with van der Waals surface area (Å²) < 4.78 is 0. The molecule has 0 aromatic heterocycles. The van der Waals surface area contributed by atoms with Gasteiger partial charge in [0.05, 0.1) is 21.9 Å². The summed E-state index contributed by atoms with van der Waals surface area (Å²) >= 11 is 0. The van der Waals surface area contributed by atoms with Crippen LogP contribution >= 0.6 is 0 Å². The molecule has 3 rings (SSSR count). The number of nitrogens with zero attached hydrogens (tertiary/aromatic N) is 3. The highest BCUT2D eigenvalue weighted by Crippen LogP contribution is 2.40. The zero-order chi connectivity index (χ0) is 20.6. The zero-order valence-electron chi connectivity index (χ0n) is 16.1. The number of azo groups is 1. The largest absolute Gasteiger partial charge is 0.396 e. The van der Waals surface area contributed by atoms with Crippen LogP contribution in [0.15, 0.2) is 77.0 Å². The lowest BCUT2D eigenvalue weighted by Crippen LogP contribution is -2.05. The lowest BCUT2D eigenvalue weighted by molar-refractivity contribution is -0.384. The fourth-order valence-electron chi connectivity index (χ4n) is 3.18. The van der Waals surface area contributed by atoms with E-state index in [1.807, 2.05) is 37.3 Å². The second kappa shape index (κ2) is 9.57. The Hall–Kier alpha value is -3.58. The van der Waals surface area contributed by atoms with E-state index < -0.39 is 4.92 Å². The van der Waals surface area contributed by atoms with Crippen molar-refractivity contribution in [2.45, 2.75) is 13.3 Å². The smallest absolute Gasteiger partial charge is 0.277 e. The van der Waals surface area contributed by atoms with Gasteiger partial charge in [-0.15, -0.1) is 5.11 Å². The molecule has 0 aliphatic heterocycles. The molecule has 2 N–H and O–H groups in total. The Balaban J connectivity index is 2.16. The van der Waals surface area contributed by atoms with Crippen LogP contribution in [0.3, 0.4) is 0 Å². The van der Waals surface area contributed by atoms with Gasteiger partial charge in [0.1, 0.15) is 5.69 Å². The summed E-state index contributed by atoms with van der Waals surface area (Å²) in [6.45, 7) is 2.50. The number of nitro groups is 1. The molecule has 0 aliphatic rings. The summed E-state index contributed by atoms with van der Waals surface area (Å²) in [6, 6.07) is 19.6. The Labute approximate surface area is 168 Å². The third-order valence-electron chi connectivity index (χ3n) is 4.43. The molecular weight excluding hydrogens is 368 g/mol. The molecule has 7 nitrogen and oxygen atoms in total. The standard InChI is InChI=1S/C22H22N4O3/c1-2-23-22-19(14-15-27)17(18-10-6-7-11-21(18)26(28)29)12-13-20(22)25-24-16-8-4-3-5-9-16/h3-13,23,27H,2,14-15H2,1H3. The van der Waals surface area contributed by atoms with Crippen molar-refractivity contribution < 1.29 is 10.0 Å². The highest BCUT2D eigenvalue weighted by atomic mass is 16.6. The molecule has 3 aromatic rings. The summed E-state index contributed by atoms with van der Waals surface area (Å²) in [5.41, 5.74) is 4.05. The van der Waals surface area contributed by atoms with Gasteiger partial charge in [-0.3, -0.25) is 10.1 Å². The van der Waals surface area contributed by atoms with E-state index in [0.717, 1.165) is 16.9 Å². The molecule has 0 amide bonds. The van der Waals surface area contributed by atoms with Crippen molar-refractivity contribution in [1.29, 1.82) is 0 Å². The van der Waals surface area contributed by atoms with Gasteiger partial charge < -0.3 is 10.4 Å². The van der Waals surface area contributed by atoms with Gasteiger partial charge >= 0.3 is 0 Å². The highest BCUT2D eigenvalue weighted by molar-refractivity contribution is 5.85. The van der Waals surface area contributed by atoms with Crippen molar-refractivity contribution in [1.82, 2.24) is 0 Å². The Morgan fingerprint density at radius 1 is 0.966 bits per heavy atom. The Bertz CT molecular complexity index is 1020. The first kappa shape index (κ1) is 20.2. The Morgan fingerprint density at radius 3 is 2.38 bits per heavy atom. The molecule has 0 bridgehead atoms. The van der Waals surface area contributed by atoms with Crippen LogP contribution in [0.5, 0.6) is 0 Å². The molecule has 0 saturated heterocycles. The molecule has 0 heterocycles. The maximum Gasteiger partial charge on any atom is 0.277 e. The molecule has 7 heteroatoms. The first-order chi connectivity index (χ1) is 14.2. The van der Waals surface area contributed by atoms with Crippen molar-refractivity contribution in [3.8, 4) is 11.1 Å². The minimum atomic E-state index is -0.395. The van der Waals surface area contributed by atoms with Gasteiger partial charge in [0.15, 0.2) is 0 Å². The second-order valence-electron chi connectivity index (χ2n) is 6.30. The molecule has 148 valence electrons. The predicted molar refractivity (Wildman–Crippen MR) is 114 cm³/mol. The quantitative estimate of drug-likeness (QED) is 0.295. The van der Waals surface area contributed by atoms with Gasteiger partial charge in [-0.1, -0.05) is 36.4 Å². The molecule has 0 aliphatic carbocycles. The van der Waals surface area contributed by atoms with E-state index in [2.05, 4.69) is 15.5 Å². The molecule has 0 atom stereocenters. The van der Waals surface area contributed by atoms with E-state index in [1.165, 1.54) is 6.07 Å². The topological polar surface area (TPSA) is 100 Å². The van der Waals surface area contributed by atoms with Gasteiger partial charge in [0.2, 0.25) is 0 Å². The lowest BCUT2D eigenvalue weighted by atomic mass is 9.94. The van der Waals surface area contributed by atoms with Crippen LogP contribution in [0, 0.1) is 10.1 Å². The maximum absolute atomic E-state index is 11.5. The fourth-order valence-corrected chi connectivity index (χ4v) is 3.18. The Morgan fingerprint density at radius 2 is 1.69 bits per heavy atom. The predicted octanol–water partition coefficient (Wildman–Crippen LogP) is 5.64. The van der Waals surface area contributed by atoms with Crippen molar-refractivity contribution in [2.24, 2.45) is 10.2 Å². The van der Waals surface area contributed by atoms with Crippen LogP contribution in [0.1, 0.15) is 12.5 Å². The highest BCUT2D eigenvalue weighted by Gasteiger charge is 2.20. The monoisotopic (exact) mass is 390 g/mol. The van der Waals surface area contributed by atoms with Gasteiger partial charge in [-0.25, -0.2) is 0 Å². The van der Waals surface area contributed by atoms with E-state index in [9.17, 15) is 15.2 Å². The summed E-state index contributed by atoms with van der Waals surface area (Å²) in [5, 5.41) is 33.1. The lowest BCUT2D eigenvalue weighted by Gasteiger charge is -2.17. The van der Waals surface area contributed by atoms with Crippen molar-refractivity contribution in [2.75, 3.05) is 18.5 Å². The van der Waals surface area contributed by atoms with Crippen molar-refractivity contribution in [3.63, 3.8) is 0 Å². The number of aliphatic hydroxyl groups excluding tert-OH is 1. The Kier molecular flexibility index (Phi) is 6.65. The van der Waals surface area contributed by atoms with Gasteiger partial charge in [0, 0.05) is 19.2 Å². The van der Waals surface area contributed by atoms with Gasteiger partial charge in [-0.05, 0) is 48.7 Å². The van der Waals surface area contributed by atoms with E-state index in [4.69, 9.17) is 0 Å². The van der Waals surface area contributed by atoms with E-state index in [1.54, 1.807) is 30.3 Å². The number of hydrogen-bond acceptors (Lipinski definition) is 6. The van der Waals surface area contributed by atoms with Crippen LogP contribution in [-0.4, -0.2) is 23.2 Å². The number of nitro benzene ring substituents is 1. The number of para-hydroxylation sites is 1. The minimum Gasteiger partial charge on any atom is -0.396 e. The molecule has 3 aromatic carbocycles. The molecule has 0 fully saturated rings. The summed E-state index contributed by atoms with van der Waals surface area (Å²) in [6.07, 6.45) is 0.332. The molecular formula is C22H22N4O3. The number of nitrogens with one attached hydrogen (secondary N) is 1. The summed E-state index contributed by atoms with van der Waals surface area (Å²) in [7, 11) is 0. The number of rotatable bonds is 8. The number of benzene rings is 3. The van der Waals surface area contributed by atoms with E-state index in [0.29, 0.717) is 29.8 Å². The van der Waals surface area contributed by atoms with Crippen LogP contribution in [0.2, 0.25) is 0 Å². The number of aliphatic hydroxyl groups is 1. The minimum absolute atomic E-state index is 0.0211. The average molecular weight is 390 g/mol. The van der Waals surface area contributed by atoms with Crippen LogP contribution in [-0.2, 0) is 6.42 Å². The first-order valence-electron chi connectivity index (χ1n) is 9.37. The third-order valence-corrected chi connectivity index (χ3v) is 4.43. The molecule has 0 spiro atoms. The summed E-state index contributed by atoms with van der Waals surface area (Å²) in [4.78, 5) is 11.1. The van der Waals surface area contributed by atoms with Crippen LogP contribution in [0.25, 0.3) is 11.1 Å². The third kappa shape index (κ3) is 4.64. The fraction of sp³-hybridized carbons (Fsp3) is 0.182. The van der Waals surface area contributed by atoms with E-state index >= 15 is 0 Å². The average Bonchev–Trinajstić information content (AvgIpc) is 2.75. The molecule has 0 saturated carbocycles. The van der Waals surface area contributed by atoms with Gasteiger partial charge in [0.25, 0.3) is 5.69 Å². The zero-order valence-corrected chi connectivity index (χ0v) is 16.1. The van der Waals surface area contributed by atoms with E-state index in [-0.39, 0.29) is 12.3 Å². The second-order valence-corrected chi connectivity index (χ2v) is 6.30. The summed E-state index contributed by atoms with van der Waals surface area (Å²) in [5.74, 6) is 0. The first-order valence-corrected chi connectivity index (χ1v) is 9.37. The normalized spacial score (nSPS) is 11.0. The van der Waals surface area contributed by atoms with Crippen molar-refractivity contribution >= 4 is 22.7 Å². The molecule has 29 heavy (non-hydrogen) atoms. The van der Waals surface area contributed by atoms with Crippen LogP contribution in [0.4, 0.5) is 22.7 Å². The number of anilines is 1.